The Morgan fingerprint density at radius 2 is 2.00 bits per heavy atom. The molecule has 0 saturated carbocycles. The minimum absolute atomic E-state index is 0.733. The van der Waals surface area contributed by atoms with Gasteiger partial charge in [0.1, 0.15) is 0 Å². The van der Waals surface area contributed by atoms with Crippen LogP contribution in [0.4, 0.5) is 0 Å². The Kier molecular flexibility index (Phi) is 5.06. The first kappa shape index (κ1) is 11.0. The van der Waals surface area contributed by atoms with Crippen molar-refractivity contribution in [2.24, 2.45) is 0 Å². The van der Waals surface area contributed by atoms with Crippen molar-refractivity contribution in [3.63, 3.8) is 0 Å². The van der Waals surface area contributed by atoms with Gasteiger partial charge in [-0.05, 0) is 37.2 Å². The molecule has 0 N–H and O–H groups in total. The number of hydrogen-bond donors (Lipinski definition) is 0. The van der Waals surface area contributed by atoms with Crippen molar-refractivity contribution < 1.29 is 0 Å². The zero-order valence-corrected chi connectivity index (χ0v) is 9.08. The first-order valence-electron chi connectivity index (χ1n) is 5.54. The molecule has 1 rings (SSSR count). The first-order valence-corrected chi connectivity index (χ1v) is 5.54. The highest BCUT2D eigenvalue weighted by molar-refractivity contribution is 5.19. The number of hydrogen-bond acceptors (Lipinski definition) is 0. The lowest BCUT2D eigenvalue weighted by molar-refractivity contribution is 0.580. The summed E-state index contributed by atoms with van der Waals surface area (Å²) < 4.78 is 0. The van der Waals surface area contributed by atoms with E-state index in [9.17, 15) is 0 Å². The molecule has 0 aliphatic rings. The van der Waals surface area contributed by atoms with Crippen LogP contribution in [0.5, 0.6) is 0 Å². The van der Waals surface area contributed by atoms with E-state index in [1.54, 1.807) is 0 Å². The van der Waals surface area contributed by atoms with Crippen LogP contribution in [0.25, 0.3) is 0 Å². The fourth-order valence-electron chi connectivity index (χ4n) is 1.84. The largest absolute Gasteiger partial charge is 0.103 e. The van der Waals surface area contributed by atoms with E-state index in [1.807, 2.05) is 6.08 Å². The van der Waals surface area contributed by atoms with Crippen molar-refractivity contribution in [2.75, 3.05) is 0 Å². The number of allylic oxidation sites excluding steroid dienone is 1. The summed E-state index contributed by atoms with van der Waals surface area (Å²) >= 11 is 0. The van der Waals surface area contributed by atoms with Crippen LogP contribution >= 0.6 is 0 Å². The molecule has 1 unspecified atom stereocenters. The van der Waals surface area contributed by atoms with E-state index >= 15 is 0 Å². The normalized spacial score (nSPS) is 12.4. The van der Waals surface area contributed by atoms with Gasteiger partial charge in [-0.1, -0.05) is 43.3 Å². The fourth-order valence-corrected chi connectivity index (χ4v) is 1.84. The van der Waals surface area contributed by atoms with Gasteiger partial charge in [-0.2, -0.15) is 0 Å². The van der Waals surface area contributed by atoms with Gasteiger partial charge in [-0.3, -0.25) is 0 Å². The van der Waals surface area contributed by atoms with Crippen molar-refractivity contribution in [1.82, 2.24) is 0 Å². The van der Waals surface area contributed by atoms with Crippen molar-refractivity contribution in [2.45, 2.75) is 38.5 Å². The van der Waals surface area contributed by atoms with Gasteiger partial charge in [0.2, 0.25) is 0 Å². The summed E-state index contributed by atoms with van der Waals surface area (Å²) in [6, 6.07) is 10.8. The van der Waals surface area contributed by atoms with Gasteiger partial charge >= 0.3 is 0 Å². The molecule has 1 aromatic rings. The highest BCUT2D eigenvalue weighted by atomic mass is 14.1. The Morgan fingerprint density at radius 3 is 2.57 bits per heavy atom. The first-order chi connectivity index (χ1) is 6.88. The number of benzene rings is 1. The molecule has 0 aliphatic carbocycles. The summed E-state index contributed by atoms with van der Waals surface area (Å²) in [6.45, 7) is 6.03. The predicted molar refractivity (Wildman–Crippen MR) is 63.5 cm³/mol. The Morgan fingerprint density at radius 1 is 1.29 bits per heavy atom. The zero-order chi connectivity index (χ0) is 10.2. The zero-order valence-electron chi connectivity index (χ0n) is 9.08. The quantitative estimate of drug-likeness (QED) is 0.454. The lowest BCUT2D eigenvalue weighted by Gasteiger charge is -2.14. The third-order valence-corrected chi connectivity index (χ3v) is 2.72. The third-order valence-electron chi connectivity index (χ3n) is 2.72. The van der Waals surface area contributed by atoms with E-state index in [0.29, 0.717) is 0 Å². The summed E-state index contributed by atoms with van der Waals surface area (Å²) in [4.78, 5) is 0. The maximum atomic E-state index is 3.76. The molecule has 0 heterocycles. The van der Waals surface area contributed by atoms with Crippen LogP contribution in [-0.2, 0) is 0 Å². The summed E-state index contributed by atoms with van der Waals surface area (Å²) in [5, 5.41) is 0. The Bertz CT molecular complexity index is 248. The molecular weight excluding hydrogens is 168 g/mol. The second kappa shape index (κ2) is 6.42. The van der Waals surface area contributed by atoms with E-state index in [0.717, 1.165) is 12.3 Å². The molecule has 14 heavy (non-hydrogen) atoms. The molecule has 0 fully saturated rings. The Labute approximate surface area is 87.7 Å². The van der Waals surface area contributed by atoms with Crippen LogP contribution in [0, 0.1) is 0 Å². The monoisotopic (exact) mass is 188 g/mol. The van der Waals surface area contributed by atoms with Gasteiger partial charge in [0.05, 0.1) is 0 Å². The fraction of sp³-hybridized carbons (Fsp3) is 0.429. The van der Waals surface area contributed by atoms with Gasteiger partial charge in [-0.15, -0.1) is 6.58 Å². The molecule has 0 amide bonds. The molecule has 0 radical (unpaired) electrons. The van der Waals surface area contributed by atoms with Crippen LogP contribution in [0.1, 0.15) is 44.1 Å². The van der Waals surface area contributed by atoms with E-state index < -0.39 is 0 Å². The molecule has 0 nitrogen and oxygen atoms in total. The predicted octanol–water partition coefficient (Wildman–Crippen LogP) is 4.54. The molecule has 0 heteroatoms. The lowest BCUT2D eigenvalue weighted by atomic mass is 9.91. The van der Waals surface area contributed by atoms with Gasteiger partial charge in [-0.25, -0.2) is 0 Å². The smallest absolute Gasteiger partial charge is 0.0164 e. The van der Waals surface area contributed by atoms with Gasteiger partial charge in [0.25, 0.3) is 0 Å². The van der Waals surface area contributed by atoms with Crippen LogP contribution < -0.4 is 0 Å². The second-order valence-electron chi connectivity index (χ2n) is 3.74. The average Bonchev–Trinajstić information content (AvgIpc) is 2.26. The molecule has 1 atom stereocenters. The minimum Gasteiger partial charge on any atom is -0.103 e. The van der Waals surface area contributed by atoms with Crippen molar-refractivity contribution in [3.8, 4) is 0 Å². The van der Waals surface area contributed by atoms with Crippen LogP contribution in [0.15, 0.2) is 43.0 Å². The van der Waals surface area contributed by atoms with Gasteiger partial charge in [0.15, 0.2) is 0 Å². The molecule has 1 aromatic carbocycles. The van der Waals surface area contributed by atoms with E-state index in [-0.39, 0.29) is 0 Å². The Balaban J connectivity index is 2.50. The lowest BCUT2D eigenvalue weighted by Crippen LogP contribution is -1.96. The van der Waals surface area contributed by atoms with E-state index in [1.165, 1.54) is 24.8 Å². The second-order valence-corrected chi connectivity index (χ2v) is 3.74. The molecule has 0 spiro atoms. The standard InChI is InChI=1S/C14H20/c1-3-5-7-10-13(4-2)14-11-8-6-9-12-14/h3,6,8-9,11-13H,1,4-5,7,10H2,2H3. The third kappa shape index (κ3) is 3.37. The summed E-state index contributed by atoms with van der Waals surface area (Å²) in [6.07, 6.45) is 6.94. The highest BCUT2D eigenvalue weighted by Crippen LogP contribution is 2.24. The number of unbranched alkanes of at least 4 members (excludes halogenated alkanes) is 1. The topological polar surface area (TPSA) is 0 Å². The van der Waals surface area contributed by atoms with Crippen molar-refractivity contribution in [3.05, 3.63) is 48.6 Å². The molecular formula is C14H20. The maximum absolute atomic E-state index is 3.76. The summed E-state index contributed by atoms with van der Waals surface area (Å²) in [5.74, 6) is 0.733. The van der Waals surface area contributed by atoms with Gasteiger partial charge < -0.3 is 0 Å². The highest BCUT2D eigenvalue weighted by Gasteiger charge is 2.07. The van der Waals surface area contributed by atoms with Crippen LogP contribution in [0.2, 0.25) is 0 Å². The van der Waals surface area contributed by atoms with E-state index in [4.69, 9.17) is 0 Å². The molecule has 0 saturated heterocycles. The Hall–Kier alpha value is -1.04. The maximum Gasteiger partial charge on any atom is -0.0164 e. The van der Waals surface area contributed by atoms with Crippen molar-refractivity contribution in [1.29, 1.82) is 0 Å². The van der Waals surface area contributed by atoms with Crippen LogP contribution in [-0.4, -0.2) is 0 Å². The molecule has 0 aromatic heterocycles. The molecule has 0 bridgehead atoms. The summed E-state index contributed by atoms with van der Waals surface area (Å²) in [5.41, 5.74) is 1.49. The summed E-state index contributed by atoms with van der Waals surface area (Å²) in [7, 11) is 0. The minimum atomic E-state index is 0.733. The number of rotatable bonds is 6. The van der Waals surface area contributed by atoms with Crippen molar-refractivity contribution >= 4 is 0 Å². The van der Waals surface area contributed by atoms with E-state index in [2.05, 4.69) is 43.8 Å². The molecule has 0 aliphatic heterocycles. The molecule has 76 valence electrons. The SMILES string of the molecule is C=CCCCC(CC)c1ccccc1. The van der Waals surface area contributed by atoms with Gasteiger partial charge in [0, 0.05) is 0 Å². The average molecular weight is 188 g/mol. The van der Waals surface area contributed by atoms with Crippen LogP contribution in [0.3, 0.4) is 0 Å².